The Morgan fingerprint density at radius 2 is 2.18 bits per heavy atom. The molecule has 1 heterocycles. The molecule has 0 N–H and O–H groups in total. The predicted molar refractivity (Wildman–Crippen MR) is 47.6 cm³/mol. The highest BCUT2D eigenvalue weighted by molar-refractivity contribution is 8.01. The van der Waals surface area contributed by atoms with Crippen molar-refractivity contribution in [3.8, 4) is 0 Å². The largest absolute Gasteiger partial charge is 0.302 e. The number of hydrogen-bond acceptors (Lipinski definition) is 2. The zero-order valence-corrected chi connectivity index (χ0v) is 6.96. The van der Waals surface area contributed by atoms with E-state index in [2.05, 4.69) is 24.3 Å². The van der Waals surface area contributed by atoms with Gasteiger partial charge in [-0.1, -0.05) is 24.3 Å². The van der Waals surface area contributed by atoms with Crippen LogP contribution in [0.1, 0.15) is 6.42 Å². The zero-order valence-electron chi connectivity index (χ0n) is 6.14. The van der Waals surface area contributed by atoms with E-state index in [4.69, 9.17) is 0 Å². The molecule has 1 saturated heterocycles. The molecule has 1 fully saturated rings. The van der Waals surface area contributed by atoms with Gasteiger partial charge in [0.25, 0.3) is 0 Å². The molecule has 0 bridgehead atoms. The summed E-state index contributed by atoms with van der Waals surface area (Å²) in [6, 6.07) is 0. The molecule has 0 saturated carbocycles. The van der Waals surface area contributed by atoms with Crippen LogP contribution in [-0.4, -0.2) is 16.8 Å². The Morgan fingerprint density at radius 1 is 1.36 bits per heavy atom. The van der Waals surface area contributed by atoms with Crippen molar-refractivity contribution in [1.29, 1.82) is 0 Å². The standard InChI is InChI=1S/C9H10OS/c10-6-8-5-7-3-1-2-4-9(7)11-8/h1-4,6-9H,5H2. The summed E-state index contributed by atoms with van der Waals surface area (Å²) in [5, 5.41) is 0.799. The number of carbonyl (C=O) groups excluding carboxylic acids is 1. The molecule has 0 radical (unpaired) electrons. The first-order valence-corrected chi connectivity index (χ1v) is 4.80. The number of carbonyl (C=O) groups is 1. The average Bonchev–Trinajstić information content (AvgIpc) is 2.46. The topological polar surface area (TPSA) is 17.1 Å². The number of allylic oxidation sites excluding steroid dienone is 3. The molecule has 1 aliphatic carbocycles. The normalized spacial score (nSPS) is 40.5. The third-order valence-electron chi connectivity index (χ3n) is 2.18. The highest BCUT2D eigenvalue weighted by Crippen LogP contribution is 2.40. The monoisotopic (exact) mass is 166 g/mol. The van der Waals surface area contributed by atoms with Crippen molar-refractivity contribution in [2.45, 2.75) is 16.9 Å². The lowest BCUT2D eigenvalue weighted by atomic mass is 9.96. The van der Waals surface area contributed by atoms with Crippen LogP contribution < -0.4 is 0 Å². The number of aldehydes is 1. The molecule has 0 aromatic rings. The first-order chi connectivity index (χ1) is 5.40. The Bertz CT molecular complexity index is 200. The van der Waals surface area contributed by atoms with Crippen LogP contribution in [-0.2, 0) is 4.79 Å². The lowest BCUT2D eigenvalue weighted by Gasteiger charge is -2.12. The van der Waals surface area contributed by atoms with E-state index in [0.717, 1.165) is 12.7 Å². The first-order valence-electron chi connectivity index (χ1n) is 3.86. The van der Waals surface area contributed by atoms with Crippen molar-refractivity contribution in [3.63, 3.8) is 0 Å². The summed E-state index contributed by atoms with van der Waals surface area (Å²) in [6.45, 7) is 0. The lowest BCUT2D eigenvalue weighted by Crippen LogP contribution is -2.07. The highest BCUT2D eigenvalue weighted by atomic mass is 32.2. The van der Waals surface area contributed by atoms with Gasteiger partial charge in [0, 0.05) is 5.25 Å². The van der Waals surface area contributed by atoms with E-state index in [9.17, 15) is 4.79 Å². The third-order valence-corrected chi connectivity index (χ3v) is 3.65. The Balaban J connectivity index is 2.11. The van der Waals surface area contributed by atoms with E-state index in [-0.39, 0.29) is 5.25 Å². The van der Waals surface area contributed by atoms with Crippen LogP contribution in [0, 0.1) is 5.92 Å². The van der Waals surface area contributed by atoms with Gasteiger partial charge >= 0.3 is 0 Å². The van der Waals surface area contributed by atoms with Crippen LogP contribution in [0.15, 0.2) is 24.3 Å². The molecular weight excluding hydrogens is 156 g/mol. The quantitative estimate of drug-likeness (QED) is 0.552. The van der Waals surface area contributed by atoms with Crippen molar-refractivity contribution >= 4 is 18.0 Å². The second-order valence-corrected chi connectivity index (χ2v) is 4.37. The first kappa shape index (κ1) is 7.17. The molecule has 1 aliphatic heterocycles. The second kappa shape index (κ2) is 2.86. The summed E-state index contributed by atoms with van der Waals surface area (Å²) in [7, 11) is 0. The van der Waals surface area contributed by atoms with E-state index >= 15 is 0 Å². The van der Waals surface area contributed by atoms with Crippen LogP contribution in [0.4, 0.5) is 0 Å². The van der Waals surface area contributed by atoms with E-state index in [1.54, 1.807) is 11.8 Å². The van der Waals surface area contributed by atoms with Gasteiger partial charge in [-0.3, -0.25) is 0 Å². The maximum Gasteiger partial charge on any atom is 0.132 e. The molecule has 3 unspecified atom stereocenters. The van der Waals surface area contributed by atoms with E-state index < -0.39 is 0 Å². The van der Waals surface area contributed by atoms with Gasteiger partial charge in [-0.25, -0.2) is 0 Å². The lowest BCUT2D eigenvalue weighted by molar-refractivity contribution is -0.107. The number of hydrogen-bond donors (Lipinski definition) is 0. The molecular formula is C9H10OS. The van der Waals surface area contributed by atoms with Gasteiger partial charge in [0.1, 0.15) is 6.29 Å². The summed E-state index contributed by atoms with van der Waals surface area (Å²) < 4.78 is 0. The van der Waals surface area contributed by atoms with Crippen molar-refractivity contribution in [3.05, 3.63) is 24.3 Å². The van der Waals surface area contributed by atoms with E-state index in [0.29, 0.717) is 11.2 Å². The van der Waals surface area contributed by atoms with Crippen molar-refractivity contribution in [2.75, 3.05) is 0 Å². The van der Waals surface area contributed by atoms with E-state index in [1.807, 2.05) is 0 Å². The molecule has 2 heteroatoms. The molecule has 0 aromatic carbocycles. The van der Waals surface area contributed by atoms with Crippen LogP contribution in [0.25, 0.3) is 0 Å². The van der Waals surface area contributed by atoms with Crippen LogP contribution in [0.3, 0.4) is 0 Å². The molecule has 0 amide bonds. The maximum atomic E-state index is 10.5. The zero-order chi connectivity index (χ0) is 7.68. The maximum absolute atomic E-state index is 10.5. The molecule has 2 rings (SSSR count). The summed E-state index contributed by atoms with van der Waals surface area (Å²) in [5.74, 6) is 0.611. The Hall–Kier alpha value is -0.500. The fourth-order valence-electron chi connectivity index (χ4n) is 1.60. The van der Waals surface area contributed by atoms with Gasteiger partial charge in [0.05, 0.1) is 5.25 Å². The second-order valence-electron chi connectivity index (χ2n) is 2.94. The van der Waals surface area contributed by atoms with Gasteiger partial charge in [0.2, 0.25) is 0 Å². The Labute approximate surface area is 70.6 Å². The molecule has 0 spiro atoms. The number of rotatable bonds is 1. The molecule has 3 atom stereocenters. The number of thioether (sulfide) groups is 1. The summed E-state index contributed by atoms with van der Waals surface area (Å²) in [5.41, 5.74) is 0. The summed E-state index contributed by atoms with van der Waals surface area (Å²) >= 11 is 1.79. The smallest absolute Gasteiger partial charge is 0.132 e. The van der Waals surface area contributed by atoms with Crippen LogP contribution >= 0.6 is 11.8 Å². The Kier molecular flexibility index (Phi) is 1.86. The minimum Gasteiger partial charge on any atom is -0.302 e. The Morgan fingerprint density at radius 3 is 2.91 bits per heavy atom. The molecule has 2 aliphatic rings. The highest BCUT2D eigenvalue weighted by Gasteiger charge is 2.31. The van der Waals surface area contributed by atoms with Gasteiger partial charge in [0.15, 0.2) is 0 Å². The van der Waals surface area contributed by atoms with Gasteiger partial charge in [-0.15, -0.1) is 11.8 Å². The van der Waals surface area contributed by atoms with Crippen LogP contribution in [0.2, 0.25) is 0 Å². The van der Waals surface area contributed by atoms with Crippen molar-refractivity contribution < 1.29 is 4.79 Å². The molecule has 11 heavy (non-hydrogen) atoms. The summed E-state index contributed by atoms with van der Waals surface area (Å²) in [6.07, 6.45) is 10.7. The molecule has 1 nitrogen and oxygen atoms in total. The number of fused-ring (bicyclic) bond motifs is 1. The molecule has 0 aromatic heterocycles. The van der Waals surface area contributed by atoms with Crippen molar-refractivity contribution in [1.82, 2.24) is 0 Å². The predicted octanol–water partition coefficient (Wildman–Crippen LogP) is 1.80. The van der Waals surface area contributed by atoms with Gasteiger partial charge in [-0.05, 0) is 12.3 Å². The SMILES string of the molecule is O=CC1CC2C=CC=CC2S1. The van der Waals surface area contributed by atoms with Crippen LogP contribution in [0.5, 0.6) is 0 Å². The fraction of sp³-hybridized carbons (Fsp3) is 0.444. The third kappa shape index (κ3) is 1.27. The average molecular weight is 166 g/mol. The minimum atomic E-state index is 0.234. The van der Waals surface area contributed by atoms with Crippen molar-refractivity contribution in [2.24, 2.45) is 5.92 Å². The van der Waals surface area contributed by atoms with E-state index in [1.165, 1.54) is 0 Å². The molecule has 58 valence electrons. The fourth-order valence-corrected chi connectivity index (χ4v) is 2.99. The minimum absolute atomic E-state index is 0.234. The van der Waals surface area contributed by atoms with Gasteiger partial charge in [-0.2, -0.15) is 0 Å². The summed E-state index contributed by atoms with van der Waals surface area (Å²) in [4.78, 5) is 10.5. The van der Waals surface area contributed by atoms with Gasteiger partial charge < -0.3 is 4.79 Å².